The van der Waals surface area contributed by atoms with Crippen molar-refractivity contribution in [3.8, 4) is 0 Å². The molecule has 110 valence electrons. The van der Waals surface area contributed by atoms with Gasteiger partial charge in [-0.25, -0.2) is 14.4 Å². The minimum absolute atomic E-state index is 0.132. The second-order valence-electron chi connectivity index (χ2n) is 4.26. The van der Waals surface area contributed by atoms with E-state index in [1.807, 2.05) is 19.9 Å². The van der Waals surface area contributed by atoms with Gasteiger partial charge < -0.3 is 10.9 Å². The van der Waals surface area contributed by atoms with Crippen LogP contribution in [0.25, 0.3) is 0 Å². The molecule has 1 heterocycles. The third-order valence-corrected chi connectivity index (χ3v) is 4.27. The van der Waals surface area contributed by atoms with Crippen LogP contribution in [0.1, 0.15) is 17.0 Å². The standard InChI is InChI=1S/C13H12BrFN4OS/c1-6-5-7(2)18-13(17-6)21-9-4-3-8(12(16)19-20)10(14)11(9)15/h3-5,20H,1-2H3,(H2,16,19). The highest BCUT2D eigenvalue weighted by atomic mass is 79.9. The number of rotatable bonds is 3. The molecule has 8 heteroatoms. The molecule has 0 saturated carbocycles. The van der Waals surface area contributed by atoms with E-state index in [-0.39, 0.29) is 15.9 Å². The fourth-order valence-corrected chi connectivity index (χ4v) is 3.28. The summed E-state index contributed by atoms with van der Waals surface area (Å²) in [6, 6.07) is 4.95. The molecule has 0 fully saturated rings. The summed E-state index contributed by atoms with van der Waals surface area (Å²) in [6.07, 6.45) is 0. The predicted molar refractivity (Wildman–Crippen MR) is 82.2 cm³/mol. The van der Waals surface area contributed by atoms with Crippen LogP contribution in [-0.2, 0) is 0 Å². The van der Waals surface area contributed by atoms with Crippen LogP contribution in [0.4, 0.5) is 4.39 Å². The molecule has 2 rings (SSSR count). The molecule has 0 spiro atoms. The molecule has 0 saturated heterocycles. The molecular weight excluding hydrogens is 359 g/mol. The highest BCUT2D eigenvalue weighted by molar-refractivity contribution is 9.10. The van der Waals surface area contributed by atoms with Crippen molar-refractivity contribution >= 4 is 33.5 Å². The molecule has 0 radical (unpaired) electrons. The van der Waals surface area contributed by atoms with Crippen molar-refractivity contribution in [1.82, 2.24) is 9.97 Å². The maximum atomic E-state index is 14.3. The van der Waals surface area contributed by atoms with Gasteiger partial charge in [-0.2, -0.15) is 0 Å². The van der Waals surface area contributed by atoms with Crippen LogP contribution in [-0.4, -0.2) is 21.0 Å². The van der Waals surface area contributed by atoms with E-state index in [1.54, 1.807) is 12.1 Å². The Morgan fingerprint density at radius 1 is 1.33 bits per heavy atom. The zero-order chi connectivity index (χ0) is 15.6. The van der Waals surface area contributed by atoms with E-state index >= 15 is 0 Å². The van der Waals surface area contributed by atoms with Crippen LogP contribution in [0.3, 0.4) is 0 Å². The Balaban J connectivity index is 2.40. The summed E-state index contributed by atoms with van der Waals surface area (Å²) in [5, 5.41) is 12.0. The van der Waals surface area contributed by atoms with Crippen molar-refractivity contribution in [3.63, 3.8) is 0 Å². The Kier molecular flexibility index (Phi) is 4.79. The fourth-order valence-electron chi connectivity index (χ4n) is 1.70. The SMILES string of the molecule is Cc1cc(C)nc(Sc2ccc(/C(N)=N/O)c(Br)c2F)n1. The van der Waals surface area contributed by atoms with Crippen molar-refractivity contribution in [3.05, 3.63) is 45.4 Å². The van der Waals surface area contributed by atoms with Crippen LogP contribution in [0.2, 0.25) is 0 Å². The predicted octanol–water partition coefficient (Wildman–Crippen LogP) is 3.24. The monoisotopic (exact) mass is 370 g/mol. The largest absolute Gasteiger partial charge is 0.409 e. The van der Waals surface area contributed by atoms with Gasteiger partial charge in [0.05, 0.1) is 9.37 Å². The van der Waals surface area contributed by atoms with E-state index in [2.05, 4.69) is 31.1 Å². The number of nitrogens with two attached hydrogens (primary N) is 1. The Labute approximate surface area is 133 Å². The molecule has 0 aliphatic carbocycles. The lowest BCUT2D eigenvalue weighted by Crippen LogP contribution is -2.14. The number of aromatic nitrogens is 2. The van der Waals surface area contributed by atoms with Gasteiger partial charge in [0.1, 0.15) is 0 Å². The summed E-state index contributed by atoms with van der Waals surface area (Å²) in [5.41, 5.74) is 7.39. The molecule has 2 aromatic rings. The maximum Gasteiger partial charge on any atom is 0.192 e. The molecule has 0 aliphatic rings. The first-order valence-electron chi connectivity index (χ1n) is 5.88. The third-order valence-electron chi connectivity index (χ3n) is 2.59. The zero-order valence-corrected chi connectivity index (χ0v) is 13.7. The van der Waals surface area contributed by atoms with E-state index in [0.29, 0.717) is 10.1 Å². The van der Waals surface area contributed by atoms with Gasteiger partial charge in [-0.05, 0) is 59.7 Å². The molecule has 1 aromatic heterocycles. The minimum atomic E-state index is -0.508. The van der Waals surface area contributed by atoms with Crippen molar-refractivity contribution < 1.29 is 9.60 Å². The summed E-state index contributed by atoms with van der Waals surface area (Å²) in [7, 11) is 0. The van der Waals surface area contributed by atoms with Crippen LogP contribution < -0.4 is 5.73 Å². The number of amidine groups is 1. The normalized spacial score (nSPS) is 11.7. The lowest BCUT2D eigenvalue weighted by atomic mass is 10.2. The molecule has 21 heavy (non-hydrogen) atoms. The number of hydrogen-bond acceptors (Lipinski definition) is 5. The van der Waals surface area contributed by atoms with Crippen LogP contribution in [0, 0.1) is 19.7 Å². The summed E-state index contributed by atoms with van der Waals surface area (Å²) >= 11 is 4.23. The van der Waals surface area contributed by atoms with Crippen LogP contribution in [0.5, 0.6) is 0 Å². The Morgan fingerprint density at radius 3 is 2.52 bits per heavy atom. The van der Waals surface area contributed by atoms with Gasteiger partial charge in [0.25, 0.3) is 0 Å². The molecule has 0 atom stereocenters. The van der Waals surface area contributed by atoms with Gasteiger partial charge in [-0.15, -0.1) is 0 Å². The van der Waals surface area contributed by atoms with Crippen molar-refractivity contribution in [2.24, 2.45) is 10.9 Å². The van der Waals surface area contributed by atoms with Gasteiger partial charge in [0.15, 0.2) is 16.8 Å². The van der Waals surface area contributed by atoms with Gasteiger partial charge in [0, 0.05) is 17.0 Å². The quantitative estimate of drug-likeness (QED) is 0.285. The highest BCUT2D eigenvalue weighted by Gasteiger charge is 2.16. The molecule has 0 unspecified atom stereocenters. The highest BCUT2D eigenvalue weighted by Crippen LogP contribution is 2.33. The Hall–Kier alpha value is -1.67. The summed E-state index contributed by atoms with van der Waals surface area (Å²) in [4.78, 5) is 8.86. The molecule has 1 aromatic carbocycles. The summed E-state index contributed by atoms with van der Waals surface area (Å²) in [6.45, 7) is 3.71. The number of nitrogens with zero attached hydrogens (tertiary/aromatic N) is 3. The van der Waals surface area contributed by atoms with E-state index in [0.717, 1.165) is 23.1 Å². The first-order chi connectivity index (χ1) is 9.92. The smallest absolute Gasteiger partial charge is 0.192 e. The summed E-state index contributed by atoms with van der Waals surface area (Å²) < 4.78 is 14.5. The molecule has 0 amide bonds. The molecular formula is C13H12BrFN4OS. The lowest BCUT2D eigenvalue weighted by Gasteiger charge is -2.08. The molecule has 5 nitrogen and oxygen atoms in total. The fraction of sp³-hybridized carbons (Fsp3) is 0.154. The second-order valence-corrected chi connectivity index (χ2v) is 6.06. The number of halogens is 2. The van der Waals surface area contributed by atoms with E-state index in [4.69, 9.17) is 10.9 Å². The third kappa shape index (κ3) is 3.51. The molecule has 0 bridgehead atoms. The summed E-state index contributed by atoms with van der Waals surface area (Å²) in [5.74, 6) is -0.674. The first kappa shape index (κ1) is 15.7. The molecule has 3 N–H and O–H groups in total. The topological polar surface area (TPSA) is 84.4 Å². The van der Waals surface area contributed by atoms with Gasteiger partial charge in [-0.3, -0.25) is 0 Å². The van der Waals surface area contributed by atoms with Crippen molar-refractivity contribution in [2.45, 2.75) is 23.9 Å². The van der Waals surface area contributed by atoms with E-state index < -0.39 is 5.82 Å². The van der Waals surface area contributed by atoms with Crippen LogP contribution in [0.15, 0.2) is 37.9 Å². The van der Waals surface area contributed by atoms with E-state index in [1.165, 1.54) is 0 Å². The average molecular weight is 371 g/mol. The van der Waals surface area contributed by atoms with Gasteiger partial charge in [0.2, 0.25) is 0 Å². The number of oxime groups is 1. The van der Waals surface area contributed by atoms with Crippen molar-refractivity contribution in [1.29, 1.82) is 0 Å². The van der Waals surface area contributed by atoms with Crippen molar-refractivity contribution in [2.75, 3.05) is 0 Å². The Morgan fingerprint density at radius 2 is 1.95 bits per heavy atom. The number of aryl methyl sites for hydroxylation is 2. The number of benzene rings is 1. The Bertz CT molecular complexity index is 703. The number of hydrogen-bond donors (Lipinski definition) is 2. The second kappa shape index (κ2) is 6.40. The van der Waals surface area contributed by atoms with Gasteiger partial charge >= 0.3 is 0 Å². The van der Waals surface area contributed by atoms with Gasteiger partial charge in [-0.1, -0.05) is 5.16 Å². The lowest BCUT2D eigenvalue weighted by molar-refractivity contribution is 0.318. The van der Waals surface area contributed by atoms with E-state index in [9.17, 15) is 4.39 Å². The average Bonchev–Trinajstić information content (AvgIpc) is 2.42. The molecule has 0 aliphatic heterocycles. The zero-order valence-electron chi connectivity index (χ0n) is 11.3. The maximum absolute atomic E-state index is 14.3. The minimum Gasteiger partial charge on any atom is -0.409 e. The van der Waals surface area contributed by atoms with Crippen LogP contribution >= 0.6 is 27.7 Å². The first-order valence-corrected chi connectivity index (χ1v) is 7.49.